The topological polar surface area (TPSA) is 49.7 Å². The van der Waals surface area contributed by atoms with Crippen molar-refractivity contribution in [3.63, 3.8) is 0 Å². The second-order valence-electron chi connectivity index (χ2n) is 6.24. The molecule has 2 N–H and O–H groups in total. The van der Waals surface area contributed by atoms with Gasteiger partial charge >= 0.3 is 0 Å². The van der Waals surface area contributed by atoms with Gasteiger partial charge in [-0.05, 0) is 61.9 Å². The van der Waals surface area contributed by atoms with E-state index in [0.29, 0.717) is 11.5 Å². The first-order valence-electron chi connectivity index (χ1n) is 9.17. The summed E-state index contributed by atoms with van der Waals surface area (Å²) in [6, 6.07) is 11.1. The number of unbranched alkanes of at least 4 members (excludes halogenated alkanes) is 2. The quantitative estimate of drug-likeness (QED) is 0.668. The van der Waals surface area contributed by atoms with Gasteiger partial charge in [-0.3, -0.25) is 0 Å². The normalized spacial score (nSPS) is 10.1. The molecule has 0 amide bonds. The number of benzene rings is 2. The molecule has 0 fully saturated rings. The molecule has 3 heteroatoms. The summed E-state index contributed by atoms with van der Waals surface area (Å²) in [6.45, 7) is 6.34. The minimum absolute atomic E-state index is 0.341. The SMILES string of the molecule is CCCCc1c(C)cccc1O.CCCCc1c(O)cccc1OC. The summed E-state index contributed by atoms with van der Waals surface area (Å²) in [5.41, 5.74) is 3.23. The number of rotatable bonds is 7. The smallest absolute Gasteiger partial charge is 0.125 e. The largest absolute Gasteiger partial charge is 0.508 e. The lowest BCUT2D eigenvalue weighted by molar-refractivity contribution is 0.398. The number of phenols is 2. The Hall–Kier alpha value is -2.16. The molecule has 2 aromatic rings. The molecule has 3 nitrogen and oxygen atoms in total. The monoisotopic (exact) mass is 344 g/mol. The van der Waals surface area contributed by atoms with Crippen LogP contribution in [0.25, 0.3) is 0 Å². The van der Waals surface area contributed by atoms with E-state index in [-0.39, 0.29) is 0 Å². The molecule has 0 spiro atoms. The number of aromatic hydroxyl groups is 2. The number of aryl methyl sites for hydroxylation is 1. The lowest BCUT2D eigenvalue weighted by atomic mass is 10.0. The van der Waals surface area contributed by atoms with Crippen LogP contribution in [0.15, 0.2) is 36.4 Å². The highest BCUT2D eigenvalue weighted by atomic mass is 16.5. The van der Waals surface area contributed by atoms with Gasteiger partial charge in [0.25, 0.3) is 0 Å². The van der Waals surface area contributed by atoms with Gasteiger partial charge in [0.1, 0.15) is 17.2 Å². The minimum atomic E-state index is 0.341. The fourth-order valence-electron chi connectivity index (χ4n) is 2.72. The van der Waals surface area contributed by atoms with E-state index < -0.39 is 0 Å². The Morgan fingerprint density at radius 3 is 1.84 bits per heavy atom. The average molecular weight is 344 g/mol. The molecule has 25 heavy (non-hydrogen) atoms. The summed E-state index contributed by atoms with van der Waals surface area (Å²) >= 11 is 0. The van der Waals surface area contributed by atoms with Gasteiger partial charge in [-0.2, -0.15) is 0 Å². The van der Waals surface area contributed by atoms with E-state index in [0.717, 1.165) is 49.0 Å². The molecule has 0 aromatic heterocycles. The van der Waals surface area contributed by atoms with Gasteiger partial charge in [0.05, 0.1) is 7.11 Å². The number of methoxy groups -OCH3 is 1. The maximum absolute atomic E-state index is 9.57. The maximum Gasteiger partial charge on any atom is 0.125 e. The first-order valence-corrected chi connectivity index (χ1v) is 9.17. The summed E-state index contributed by atoms with van der Waals surface area (Å²) in [4.78, 5) is 0. The highest BCUT2D eigenvalue weighted by Crippen LogP contribution is 2.28. The third kappa shape index (κ3) is 6.69. The van der Waals surface area contributed by atoms with Crippen molar-refractivity contribution in [2.24, 2.45) is 0 Å². The fourth-order valence-corrected chi connectivity index (χ4v) is 2.72. The Morgan fingerprint density at radius 1 is 0.800 bits per heavy atom. The molecular weight excluding hydrogens is 312 g/mol. The van der Waals surface area contributed by atoms with Crippen LogP contribution in [-0.4, -0.2) is 17.3 Å². The first-order chi connectivity index (χ1) is 12.0. The average Bonchev–Trinajstić information content (AvgIpc) is 2.61. The van der Waals surface area contributed by atoms with Crippen LogP contribution in [0, 0.1) is 6.92 Å². The predicted molar refractivity (Wildman–Crippen MR) is 105 cm³/mol. The zero-order valence-electron chi connectivity index (χ0n) is 16.0. The van der Waals surface area contributed by atoms with E-state index in [2.05, 4.69) is 13.8 Å². The summed E-state index contributed by atoms with van der Waals surface area (Å²) < 4.78 is 5.16. The van der Waals surface area contributed by atoms with Gasteiger partial charge in [0.15, 0.2) is 0 Å². The van der Waals surface area contributed by atoms with Gasteiger partial charge in [0.2, 0.25) is 0 Å². The number of ether oxygens (including phenoxy) is 1. The van der Waals surface area contributed by atoms with Crippen molar-refractivity contribution in [2.75, 3.05) is 7.11 Å². The van der Waals surface area contributed by atoms with Crippen LogP contribution in [0.3, 0.4) is 0 Å². The molecular formula is C22H32O3. The molecule has 0 aliphatic carbocycles. The molecule has 0 atom stereocenters. The molecule has 138 valence electrons. The Bertz CT molecular complexity index is 615. The number of hydrogen-bond donors (Lipinski definition) is 2. The maximum atomic E-state index is 9.57. The molecule has 0 saturated carbocycles. The fraction of sp³-hybridized carbons (Fsp3) is 0.455. The molecule has 2 rings (SSSR count). The van der Waals surface area contributed by atoms with Crippen molar-refractivity contribution in [3.8, 4) is 17.2 Å². The summed E-state index contributed by atoms with van der Waals surface area (Å²) in [6.07, 6.45) is 6.40. The van der Waals surface area contributed by atoms with Gasteiger partial charge in [-0.15, -0.1) is 0 Å². The Labute approximate surface area is 152 Å². The highest BCUT2D eigenvalue weighted by Gasteiger charge is 2.06. The minimum Gasteiger partial charge on any atom is -0.508 e. The lowest BCUT2D eigenvalue weighted by Gasteiger charge is -2.09. The predicted octanol–water partition coefficient (Wildman–Crippen LogP) is 5.79. The summed E-state index contributed by atoms with van der Waals surface area (Å²) in [5.74, 6) is 1.57. The zero-order valence-corrected chi connectivity index (χ0v) is 16.0. The Balaban J connectivity index is 0.000000251. The van der Waals surface area contributed by atoms with Crippen LogP contribution in [0.1, 0.15) is 56.2 Å². The van der Waals surface area contributed by atoms with Gasteiger partial charge in [-0.1, -0.05) is 44.9 Å². The van der Waals surface area contributed by atoms with E-state index in [4.69, 9.17) is 4.74 Å². The zero-order chi connectivity index (χ0) is 18.7. The van der Waals surface area contributed by atoms with Crippen LogP contribution in [0.5, 0.6) is 17.2 Å². The Morgan fingerprint density at radius 2 is 1.32 bits per heavy atom. The van der Waals surface area contributed by atoms with Crippen molar-refractivity contribution >= 4 is 0 Å². The van der Waals surface area contributed by atoms with E-state index in [1.54, 1.807) is 25.3 Å². The molecule has 0 heterocycles. The van der Waals surface area contributed by atoms with Crippen LogP contribution in [0.4, 0.5) is 0 Å². The van der Waals surface area contributed by atoms with Crippen molar-refractivity contribution < 1.29 is 14.9 Å². The number of phenolic OH excluding ortho intramolecular Hbond substituents is 2. The van der Waals surface area contributed by atoms with Crippen LogP contribution in [-0.2, 0) is 12.8 Å². The molecule has 0 aliphatic heterocycles. The van der Waals surface area contributed by atoms with E-state index in [1.165, 1.54) is 12.0 Å². The summed E-state index contributed by atoms with van der Waals surface area (Å²) in [5, 5.41) is 19.1. The molecule has 0 bridgehead atoms. The van der Waals surface area contributed by atoms with Crippen molar-refractivity contribution in [1.82, 2.24) is 0 Å². The first kappa shape index (κ1) is 20.9. The number of hydrogen-bond acceptors (Lipinski definition) is 3. The van der Waals surface area contributed by atoms with Crippen LogP contribution < -0.4 is 4.74 Å². The second-order valence-corrected chi connectivity index (χ2v) is 6.24. The van der Waals surface area contributed by atoms with E-state index in [1.807, 2.05) is 25.1 Å². The van der Waals surface area contributed by atoms with Gasteiger partial charge in [-0.25, -0.2) is 0 Å². The van der Waals surface area contributed by atoms with Gasteiger partial charge in [0, 0.05) is 5.56 Å². The molecule has 2 aromatic carbocycles. The van der Waals surface area contributed by atoms with Gasteiger partial charge < -0.3 is 14.9 Å². The third-order valence-corrected chi connectivity index (χ3v) is 4.27. The third-order valence-electron chi connectivity index (χ3n) is 4.27. The molecule has 0 unspecified atom stereocenters. The molecule has 0 aliphatic rings. The summed E-state index contributed by atoms with van der Waals surface area (Å²) in [7, 11) is 1.63. The molecule has 0 saturated heterocycles. The van der Waals surface area contributed by atoms with Crippen molar-refractivity contribution in [3.05, 3.63) is 53.1 Å². The van der Waals surface area contributed by atoms with Crippen molar-refractivity contribution in [1.29, 1.82) is 0 Å². The van der Waals surface area contributed by atoms with Crippen LogP contribution >= 0.6 is 0 Å². The van der Waals surface area contributed by atoms with Crippen molar-refractivity contribution in [2.45, 2.75) is 59.3 Å². The van der Waals surface area contributed by atoms with Crippen LogP contribution in [0.2, 0.25) is 0 Å². The second kappa shape index (κ2) is 11.4. The standard InChI is InChI=1S/C11H16O2.C11H16O/c1-3-4-6-9-10(12)7-5-8-11(9)13-2;1-3-4-7-10-9(2)6-5-8-11(10)12/h5,7-8,12H,3-4,6H2,1-2H3;5-6,8,12H,3-4,7H2,1-2H3. The highest BCUT2D eigenvalue weighted by molar-refractivity contribution is 5.43. The Kier molecular flexibility index (Phi) is 9.53. The van der Waals surface area contributed by atoms with E-state index >= 15 is 0 Å². The lowest BCUT2D eigenvalue weighted by Crippen LogP contribution is -1.92. The van der Waals surface area contributed by atoms with E-state index in [9.17, 15) is 10.2 Å². The molecule has 0 radical (unpaired) electrons.